The lowest BCUT2D eigenvalue weighted by molar-refractivity contribution is 0.185. The van der Waals surface area contributed by atoms with Crippen LogP contribution < -0.4 is 0 Å². The fourth-order valence-electron chi connectivity index (χ4n) is 1.66. The third-order valence-electron chi connectivity index (χ3n) is 2.47. The van der Waals surface area contributed by atoms with Gasteiger partial charge in [-0.1, -0.05) is 0 Å². The Morgan fingerprint density at radius 3 is 3.31 bits per heavy atom. The van der Waals surface area contributed by atoms with Gasteiger partial charge >= 0.3 is 0 Å². The van der Waals surface area contributed by atoms with Crippen molar-refractivity contribution in [3.63, 3.8) is 0 Å². The van der Waals surface area contributed by atoms with Crippen molar-refractivity contribution in [3.8, 4) is 6.07 Å². The lowest BCUT2D eigenvalue weighted by Gasteiger charge is -2.30. The van der Waals surface area contributed by atoms with Gasteiger partial charge in [0.1, 0.15) is 12.2 Å². The molecule has 0 aliphatic carbocycles. The summed E-state index contributed by atoms with van der Waals surface area (Å²) in [6, 6.07) is 2.36. The van der Waals surface area contributed by atoms with Gasteiger partial charge in [0.05, 0.1) is 18.7 Å². The molecular weight excluding hydrogens is 166 g/mol. The van der Waals surface area contributed by atoms with E-state index < -0.39 is 0 Å². The van der Waals surface area contributed by atoms with Crippen LogP contribution in [0.3, 0.4) is 0 Å². The minimum atomic E-state index is 0.205. The molecular formula is C8H11N5. The van der Waals surface area contributed by atoms with Gasteiger partial charge in [-0.05, 0) is 6.92 Å². The Morgan fingerprint density at radius 1 is 1.69 bits per heavy atom. The number of nitriles is 1. The average Bonchev–Trinajstić information content (AvgIpc) is 2.58. The van der Waals surface area contributed by atoms with Gasteiger partial charge in [0, 0.05) is 13.1 Å². The van der Waals surface area contributed by atoms with Gasteiger partial charge in [0.2, 0.25) is 0 Å². The molecule has 2 heterocycles. The minimum absolute atomic E-state index is 0.205. The van der Waals surface area contributed by atoms with Crippen LogP contribution in [-0.2, 0) is 6.54 Å². The summed E-state index contributed by atoms with van der Waals surface area (Å²) in [5.41, 5.74) is 0. The summed E-state index contributed by atoms with van der Waals surface area (Å²) in [5, 5.41) is 16.5. The van der Waals surface area contributed by atoms with Crippen LogP contribution in [0.5, 0.6) is 0 Å². The molecule has 2 rings (SSSR count). The minimum Gasteiger partial charge on any atom is -0.315 e. The highest BCUT2D eigenvalue weighted by Crippen LogP contribution is 2.21. The van der Waals surface area contributed by atoms with E-state index in [1.807, 2.05) is 4.57 Å². The van der Waals surface area contributed by atoms with Gasteiger partial charge in [-0.25, -0.2) is 0 Å². The Labute approximate surface area is 76.6 Å². The van der Waals surface area contributed by atoms with Crippen molar-refractivity contribution in [2.75, 3.05) is 13.1 Å². The Balaban J connectivity index is 2.23. The third kappa shape index (κ3) is 1.29. The largest absolute Gasteiger partial charge is 0.315 e. The zero-order valence-corrected chi connectivity index (χ0v) is 7.51. The SMILES string of the molecule is CC1c2nncn2CCN1CC#N. The molecule has 0 amide bonds. The summed E-state index contributed by atoms with van der Waals surface area (Å²) in [7, 11) is 0. The van der Waals surface area contributed by atoms with Gasteiger partial charge in [0.25, 0.3) is 0 Å². The summed E-state index contributed by atoms with van der Waals surface area (Å²) in [6.07, 6.45) is 1.75. The van der Waals surface area contributed by atoms with Crippen molar-refractivity contribution in [1.29, 1.82) is 5.26 Å². The highest BCUT2D eigenvalue weighted by molar-refractivity contribution is 4.99. The van der Waals surface area contributed by atoms with Crippen LogP contribution in [0.1, 0.15) is 18.8 Å². The van der Waals surface area contributed by atoms with E-state index in [4.69, 9.17) is 5.26 Å². The second-order valence-corrected chi connectivity index (χ2v) is 3.19. The van der Waals surface area contributed by atoms with E-state index in [1.54, 1.807) is 6.33 Å². The maximum atomic E-state index is 8.60. The first-order valence-corrected chi connectivity index (χ1v) is 4.31. The van der Waals surface area contributed by atoms with E-state index in [1.165, 1.54) is 0 Å². The zero-order valence-electron chi connectivity index (χ0n) is 7.51. The van der Waals surface area contributed by atoms with Crippen LogP contribution >= 0.6 is 0 Å². The molecule has 0 radical (unpaired) electrons. The summed E-state index contributed by atoms with van der Waals surface area (Å²) >= 11 is 0. The molecule has 0 bridgehead atoms. The number of aromatic nitrogens is 3. The summed E-state index contributed by atoms with van der Waals surface area (Å²) < 4.78 is 2.04. The monoisotopic (exact) mass is 177 g/mol. The van der Waals surface area contributed by atoms with Crippen molar-refractivity contribution in [2.45, 2.75) is 19.5 Å². The second kappa shape index (κ2) is 3.15. The van der Waals surface area contributed by atoms with Gasteiger partial charge in [0.15, 0.2) is 0 Å². The predicted molar refractivity (Wildman–Crippen MR) is 45.6 cm³/mol. The van der Waals surface area contributed by atoms with Gasteiger partial charge in [-0.2, -0.15) is 5.26 Å². The molecule has 0 aromatic carbocycles. The van der Waals surface area contributed by atoms with Crippen molar-refractivity contribution < 1.29 is 0 Å². The maximum absolute atomic E-state index is 8.60. The van der Waals surface area contributed by atoms with E-state index in [-0.39, 0.29) is 6.04 Å². The van der Waals surface area contributed by atoms with Gasteiger partial charge < -0.3 is 4.57 Å². The summed E-state index contributed by atoms with van der Waals surface area (Å²) in [4.78, 5) is 2.10. The number of fused-ring (bicyclic) bond motifs is 1. The van der Waals surface area contributed by atoms with E-state index in [9.17, 15) is 0 Å². The molecule has 1 aromatic heterocycles. The third-order valence-corrected chi connectivity index (χ3v) is 2.47. The van der Waals surface area contributed by atoms with Crippen LogP contribution in [0.2, 0.25) is 0 Å². The standard InChI is InChI=1S/C8H11N5/c1-7-8-11-10-6-13(8)5-4-12(7)3-2-9/h6-7H,3-5H2,1H3. The number of hydrogen-bond acceptors (Lipinski definition) is 4. The molecule has 1 atom stereocenters. The molecule has 0 saturated carbocycles. The number of nitrogens with zero attached hydrogens (tertiary/aromatic N) is 5. The highest BCUT2D eigenvalue weighted by Gasteiger charge is 2.24. The predicted octanol–water partition coefficient (Wildman–Crippen LogP) is 0.178. The molecule has 5 nitrogen and oxygen atoms in total. The molecule has 1 aliphatic rings. The molecule has 5 heteroatoms. The molecule has 1 aliphatic heterocycles. The zero-order chi connectivity index (χ0) is 9.26. The van der Waals surface area contributed by atoms with Crippen LogP contribution in [0.25, 0.3) is 0 Å². The average molecular weight is 177 g/mol. The fourth-order valence-corrected chi connectivity index (χ4v) is 1.66. The first-order valence-electron chi connectivity index (χ1n) is 4.31. The maximum Gasteiger partial charge on any atom is 0.149 e. The molecule has 0 saturated heterocycles. The molecule has 1 unspecified atom stereocenters. The van der Waals surface area contributed by atoms with Crippen LogP contribution in [0, 0.1) is 11.3 Å². The number of hydrogen-bond donors (Lipinski definition) is 0. The molecule has 13 heavy (non-hydrogen) atoms. The van der Waals surface area contributed by atoms with E-state index in [0.717, 1.165) is 18.9 Å². The highest BCUT2D eigenvalue weighted by atomic mass is 15.3. The van der Waals surface area contributed by atoms with Crippen molar-refractivity contribution in [1.82, 2.24) is 19.7 Å². The van der Waals surface area contributed by atoms with Crippen LogP contribution in [0.4, 0.5) is 0 Å². The Kier molecular flexibility index (Phi) is 1.99. The van der Waals surface area contributed by atoms with Crippen LogP contribution in [0.15, 0.2) is 6.33 Å². The van der Waals surface area contributed by atoms with Gasteiger partial charge in [-0.3, -0.25) is 4.90 Å². The lowest BCUT2D eigenvalue weighted by Crippen LogP contribution is -2.37. The van der Waals surface area contributed by atoms with Crippen molar-refractivity contribution in [2.24, 2.45) is 0 Å². The fraction of sp³-hybridized carbons (Fsp3) is 0.625. The van der Waals surface area contributed by atoms with Crippen molar-refractivity contribution >= 4 is 0 Å². The molecule has 1 aromatic rings. The topological polar surface area (TPSA) is 57.7 Å². The molecule has 0 fully saturated rings. The van der Waals surface area contributed by atoms with E-state index in [0.29, 0.717) is 6.54 Å². The number of rotatable bonds is 1. The first-order chi connectivity index (χ1) is 6.33. The normalized spacial score (nSPS) is 22.3. The van der Waals surface area contributed by atoms with E-state index in [2.05, 4.69) is 28.1 Å². The second-order valence-electron chi connectivity index (χ2n) is 3.19. The first kappa shape index (κ1) is 8.20. The Morgan fingerprint density at radius 2 is 2.54 bits per heavy atom. The van der Waals surface area contributed by atoms with E-state index >= 15 is 0 Å². The van der Waals surface area contributed by atoms with Crippen molar-refractivity contribution in [3.05, 3.63) is 12.2 Å². The van der Waals surface area contributed by atoms with Gasteiger partial charge in [-0.15, -0.1) is 10.2 Å². The Bertz CT molecular complexity index is 337. The quantitative estimate of drug-likeness (QED) is 0.574. The van der Waals surface area contributed by atoms with Crippen LogP contribution in [-0.4, -0.2) is 32.8 Å². The summed E-state index contributed by atoms with van der Waals surface area (Å²) in [5.74, 6) is 0.960. The molecule has 0 N–H and O–H groups in total. The smallest absolute Gasteiger partial charge is 0.149 e. The molecule has 0 spiro atoms. The lowest BCUT2D eigenvalue weighted by atomic mass is 10.2. The molecule has 68 valence electrons. The Hall–Kier alpha value is -1.41. The summed E-state index contributed by atoms with van der Waals surface area (Å²) in [6.45, 7) is 4.30.